The molecular formula is C20H28Cl3N5O2S. The summed E-state index contributed by atoms with van der Waals surface area (Å²) in [4.78, 5) is 30.9. The largest absolute Gasteiger partial charge is 0.384 e. The van der Waals surface area contributed by atoms with Gasteiger partial charge in [-0.2, -0.15) is 0 Å². The summed E-state index contributed by atoms with van der Waals surface area (Å²) in [5.74, 6) is 0.156. The number of amides is 2. The first-order valence-corrected chi connectivity index (χ1v) is 10.8. The van der Waals surface area contributed by atoms with Crippen LogP contribution in [0.1, 0.15) is 30.2 Å². The van der Waals surface area contributed by atoms with Gasteiger partial charge in [-0.05, 0) is 61.2 Å². The van der Waals surface area contributed by atoms with Crippen molar-refractivity contribution in [1.82, 2.24) is 15.2 Å². The standard InChI is InChI=1S/C20H26ClN5O2S.2ClH/c1-11-15(3-4-18(22)25-11)8-24-20(28)12(2)26-9-13(6-16(26)19(23)27)5-14-7-17(21)29-10-14;;/h3-4,7,10,12-13,16H,5-6,8-9H2,1-2H3,(H2,22,25)(H2,23,27)(H,24,28);2*1H/t12-,13?,16?;;/m0../s1. The molecule has 1 aliphatic heterocycles. The van der Waals surface area contributed by atoms with Crippen molar-refractivity contribution >= 4 is 65.4 Å². The molecule has 0 radical (unpaired) electrons. The van der Waals surface area contributed by atoms with E-state index in [1.807, 2.05) is 36.3 Å². The minimum atomic E-state index is -0.467. The van der Waals surface area contributed by atoms with Crippen LogP contribution >= 0.6 is 47.8 Å². The maximum Gasteiger partial charge on any atom is 0.237 e. The molecule has 0 aliphatic carbocycles. The molecule has 3 rings (SSSR count). The van der Waals surface area contributed by atoms with Gasteiger partial charge in [-0.1, -0.05) is 17.7 Å². The average molecular weight is 509 g/mol. The summed E-state index contributed by atoms with van der Waals surface area (Å²) >= 11 is 7.52. The number of carbonyl (C=O) groups is 2. The number of nitrogens with two attached hydrogens (primary N) is 2. The summed E-state index contributed by atoms with van der Waals surface area (Å²) in [6.45, 7) is 4.65. The maximum absolute atomic E-state index is 12.8. The Hall–Kier alpha value is -1.58. The zero-order valence-electron chi connectivity index (χ0n) is 17.3. The molecule has 7 nitrogen and oxygen atoms in total. The zero-order chi connectivity index (χ0) is 21.1. The molecule has 2 amide bonds. The molecule has 0 spiro atoms. The van der Waals surface area contributed by atoms with Crippen molar-refractivity contribution in [3.8, 4) is 0 Å². The number of pyridine rings is 1. The molecule has 1 fully saturated rings. The summed E-state index contributed by atoms with van der Waals surface area (Å²) in [5.41, 5.74) is 14.1. The second-order valence-electron chi connectivity index (χ2n) is 7.55. The fourth-order valence-corrected chi connectivity index (χ4v) is 4.79. The number of nitrogen functional groups attached to an aromatic ring is 1. The fraction of sp³-hybridized carbons (Fsp3) is 0.450. The van der Waals surface area contributed by atoms with Crippen LogP contribution in [-0.4, -0.2) is 40.3 Å². The Balaban J connectivity index is 0.00000240. The first-order chi connectivity index (χ1) is 13.7. The lowest BCUT2D eigenvalue weighted by Gasteiger charge is -2.28. The van der Waals surface area contributed by atoms with Crippen LogP contribution in [0.25, 0.3) is 0 Å². The molecule has 0 saturated carbocycles. The van der Waals surface area contributed by atoms with E-state index >= 15 is 0 Å². The Labute approximate surface area is 203 Å². The van der Waals surface area contributed by atoms with Gasteiger partial charge in [-0.3, -0.25) is 14.5 Å². The number of rotatable bonds is 7. The predicted molar refractivity (Wildman–Crippen MR) is 130 cm³/mol. The summed E-state index contributed by atoms with van der Waals surface area (Å²) in [6, 6.07) is 4.60. The number of thiophene rings is 1. The van der Waals surface area contributed by atoms with Crippen molar-refractivity contribution in [3.05, 3.63) is 44.7 Å². The van der Waals surface area contributed by atoms with Gasteiger partial charge in [0.25, 0.3) is 0 Å². The van der Waals surface area contributed by atoms with E-state index in [-0.39, 0.29) is 36.6 Å². The second-order valence-corrected chi connectivity index (χ2v) is 9.10. The highest BCUT2D eigenvalue weighted by Crippen LogP contribution is 2.30. The van der Waals surface area contributed by atoms with Gasteiger partial charge in [0.05, 0.1) is 16.4 Å². The number of nitrogens with zero attached hydrogens (tertiary/aromatic N) is 2. The number of hydrogen-bond acceptors (Lipinski definition) is 6. The van der Waals surface area contributed by atoms with Crippen LogP contribution in [0.15, 0.2) is 23.6 Å². The maximum atomic E-state index is 12.8. The van der Waals surface area contributed by atoms with E-state index < -0.39 is 18.0 Å². The summed E-state index contributed by atoms with van der Waals surface area (Å²) in [5, 5.41) is 4.97. The molecule has 31 heavy (non-hydrogen) atoms. The molecule has 3 heterocycles. The van der Waals surface area contributed by atoms with E-state index in [0.717, 1.165) is 27.6 Å². The number of anilines is 1. The number of aryl methyl sites for hydroxylation is 1. The highest BCUT2D eigenvalue weighted by atomic mass is 35.5. The monoisotopic (exact) mass is 507 g/mol. The summed E-state index contributed by atoms with van der Waals surface area (Å²) < 4.78 is 0.751. The molecule has 2 unspecified atom stereocenters. The van der Waals surface area contributed by atoms with Gasteiger partial charge in [0, 0.05) is 18.8 Å². The molecule has 172 valence electrons. The minimum absolute atomic E-state index is 0. The topological polar surface area (TPSA) is 114 Å². The number of hydrogen-bond donors (Lipinski definition) is 3. The van der Waals surface area contributed by atoms with Crippen LogP contribution in [0.4, 0.5) is 5.82 Å². The second kappa shape index (κ2) is 11.9. The Morgan fingerprint density at radius 2 is 2.10 bits per heavy atom. The minimum Gasteiger partial charge on any atom is -0.384 e. The lowest BCUT2D eigenvalue weighted by Crippen LogP contribution is -2.51. The van der Waals surface area contributed by atoms with Gasteiger partial charge in [-0.15, -0.1) is 36.2 Å². The van der Waals surface area contributed by atoms with Crippen LogP contribution < -0.4 is 16.8 Å². The van der Waals surface area contributed by atoms with Crippen molar-refractivity contribution in [2.75, 3.05) is 12.3 Å². The Morgan fingerprint density at radius 1 is 1.39 bits per heavy atom. The van der Waals surface area contributed by atoms with E-state index in [2.05, 4.69) is 10.3 Å². The third-order valence-electron chi connectivity index (χ3n) is 5.45. The quantitative estimate of drug-likeness (QED) is 0.532. The molecule has 0 aromatic carbocycles. The van der Waals surface area contributed by atoms with Gasteiger partial charge in [0.1, 0.15) is 5.82 Å². The van der Waals surface area contributed by atoms with Crippen LogP contribution in [0, 0.1) is 12.8 Å². The van der Waals surface area contributed by atoms with Gasteiger partial charge < -0.3 is 16.8 Å². The number of carbonyl (C=O) groups excluding carboxylic acids is 2. The molecule has 11 heteroatoms. The molecular weight excluding hydrogens is 481 g/mol. The molecule has 0 bridgehead atoms. The van der Waals surface area contributed by atoms with Gasteiger partial charge in [0.2, 0.25) is 11.8 Å². The van der Waals surface area contributed by atoms with Crippen molar-refractivity contribution < 1.29 is 9.59 Å². The zero-order valence-corrected chi connectivity index (χ0v) is 20.5. The first-order valence-electron chi connectivity index (χ1n) is 9.52. The molecule has 1 aliphatic rings. The number of aromatic nitrogens is 1. The lowest BCUT2D eigenvalue weighted by atomic mass is 9.98. The third-order valence-corrected chi connectivity index (χ3v) is 6.59. The van der Waals surface area contributed by atoms with E-state index in [1.54, 1.807) is 6.07 Å². The lowest BCUT2D eigenvalue weighted by molar-refractivity contribution is -0.129. The Kier molecular flexibility index (Phi) is 10.5. The van der Waals surface area contributed by atoms with Crippen molar-refractivity contribution in [1.29, 1.82) is 0 Å². The number of primary amides is 1. The Morgan fingerprint density at radius 3 is 2.68 bits per heavy atom. The van der Waals surface area contributed by atoms with Crippen molar-refractivity contribution in [2.45, 2.75) is 45.3 Å². The predicted octanol–water partition coefficient (Wildman–Crippen LogP) is 2.95. The van der Waals surface area contributed by atoms with Crippen LogP contribution in [0.3, 0.4) is 0 Å². The fourth-order valence-electron chi connectivity index (χ4n) is 3.87. The highest BCUT2D eigenvalue weighted by Gasteiger charge is 2.40. The van der Waals surface area contributed by atoms with Gasteiger partial charge in [-0.25, -0.2) is 4.98 Å². The molecule has 2 aromatic rings. The molecule has 5 N–H and O–H groups in total. The average Bonchev–Trinajstić information content (AvgIpc) is 3.26. The van der Waals surface area contributed by atoms with Crippen LogP contribution in [-0.2, 0) is 22.6 Å². The molecule has 1 saturated heterocycles. The van der Waals surface area contributed by atoms with Crippen LogP contribution in [0.5, 0.6) is 0 Å². The van der Waals surface area contributed by atoms with Gasteiger partial charge >= 0.3 is 0 Å². The SMILES string of the molecule is Cc1nc(N)ccc1CNC(=O)[C@H](C)N1CC(Cc2csc(Cl)c2)CC1C(N)=O.Cl.Cl. The number of likely N-dealkylation sites (tertiary alicyclic amines) is 1. The Bertz CT molecular complexity index is 911. The third kappa shape index (κ3) is 6.95. The van der Waals surface area contributed by atoms with Gasteiger partial charge in [0.15, 0.2) is 0 Å². The van der Waals surface area contributed by atoms with E-state index in [1.165, 1.54) is 11.3 Å². The van der Waals surface area contributed by atoms with E-state index in [9.17, 15) is 9.59 Å². The summed E-state index contributed by atoms with van der Waals surface area (Å²) in [7, 11) is 0. The van der Waals surface area contributed by atoms with Crippen molar-refractivity contribution in [2.24, 2.45) is 11.7 Å². The summed E-state index contributed by atoms with van der Waals surface area (Å²) in [6.07, 6.45) is 1.45. The van der Waals surface area contributed by atoms with Crippen molar-refractivity contribution in [3.63, 3.8) is 0 Å². The molecule has 3 atom stereocenters. The highest BCUT2D eigenvalue weighted by molar-refractivity contribution is 7.14. The van der Waals surface area contributed by atoms with E-state index in [0.29, 0.717) is 25.3 Å². The van der Waals surface area contributed by atoms with E-state index in [4.69, 9.17) is 23.1 Å². The first kappa shape index (κ1) is 27.5. The molecule has 2 aromatic heterocycles. The number of nitrogens with one attached hydrogen (secondary N) is 1. The normalized spacial score (nSPS) is 19.2. The smallest absolute Gasteiger partial charge is 0.237 e. The number of halogens is 3. The van der Waals surface area contributed by atoms with Crippen LogP contribution in [0.2, 0.25) is 4.34 Å².